The lowest BCUT2D eigenvalue weighted by atomic mass is 9.87. The summed E-state index contributed by atoms with van der Waals surface area (Å²) in [7, 11) is 0. The zero-order valence-corrected chi connectivity index (χ0v) is 9.02. The van der Waals surface area contributed by atoms with Crippen molar-refractivity contribution in [2.24, 2.45) is 5.92 Å². The topological polar surface area (TPSA) is 12.0 Å². The van der Waals surface area contributed by atoms with Crippen LogP contribution in [-0.4, -0.2) is 24.1 Å². The lowest BCUT2D eigenvalue weighted by Gasteiger charge is -2.35. The van der Waals surface area contributed by atoms with Crippen LogP contribution in [0.3, 0.4) is 0 Å². The predicted octanol–water partition coefficient (Wildman–Crippen LogP) is 2.13. The van der Waals surface area contributed by atoms with Crippen LogP contribution in [0.2, 0.25) is 0 Å². The molecule has 0 spiro atoms. The first-order valence-electron chi connectivity index (χ1n) is 5.35. The van der Waals surface area contributed by atoms with E-state index >= 15 is 0 Å². The molecular weight excluding hydrogens is 190 g/mol. The molecule has 1 nitrogen and oxygen atoms in total. The Kier molecular flexibility index (Phi) is 2.26. The number of hydrogen-bond acceptors (Lipinski definition) is 2. The highest BCUT2D eigenvalue weighted by Gasteiger charge is 2.29. The van der Waals surface area contributed by atoms with E-state index in [9.17, 15) is 0 Å². The summed E-state index contributed by atoms with van der Waals surface area (Å²) >= 11 is 2.11. The van der Waals surface area contributed by atoms with Crippen LogP contribution >= 0.6 is 11.8 Å². The van der Waals surface area contributed by atoms with Crippen LogP contribution in [0.5, 0.6) is 0 Å². The summed E-state index contributed by atoms with van der Waals surface area (Å²) in [5, 5.41) is 4.14. The van der Waals surface area contributed by atoms with Gasteiger partial charge in [0.15, 0.2) is 0 Å². The van der Waals surface area contributed by atoms with Crippen LogP contribution in [0.4, 0.5) is 0 Å². The van der Waals surface area contributed by atoms with Gasteiger partial charge in [0.1, 0.15) is 0 Å². The molecule has 0 radical (unpaired) electrons. The Labute approximate surface area is 89.3 Å². The van der Waals surface area contributed by atoms with Crippen LogP contribution in [0.25, 0.3) is 0 Å². The van der Waals surface area contributed by atoms with Gasteiger partial charge in [-0.05, 0) is 30.0 Å². The van der Waals surface area contributed by atoms with E-state index in [0.717, 1.165) is 12.5 Å². The van der Waals surface area contributed by atoms with Crippen LogP contribution in [0, 0.1) is 5.92 Å². The maximum absolute atomic E-state index is 3.49. The molecule has 2 unspecified atom stereocenters. The van der Waals surface area contributed by atoms with Crippen molar-refractivity contribution in [1.29, 1.82) is 0 Å². The lowest BCUT2D eigenvalue weighted by Crippen LogP contribution is -2.36. The molecule has 0 saturated carbocycles. The van der Waals surface area contributed by atoms with E-state index in [1.54, 1.807) is 11.1 Å². The van der Waals surface area contributed by atoms with Crippen molar-refractivity contribution in [3.05, 3.63) is 35.5 Å². The van der Waals surface area contributed by atoms with Crippen LogP contribution < -0.4 is 5.32 Å². The van der Waals surface area contributed by atoms with Crippen LogP contribution in [0.15, 0.2) is 35.5 Å². The van der Waals surface area contributed by atoms with E-state index in [0.29, 0.717) is 5.25 Å². The average Bonchev–Trinajstić information content (AvgIpc) is 2.29. The van der Waals surface area contributed by atoms with Gasteiger partial charge in [-0.15, -0.1) is 11.8 Å². The minimum Gasteiger partial charge on any atom is -0.313 e. The minimum absolute atomic E-state index is 0.645. The van der Waals surface area contributed by atoms with Crippen molar-refractivity contribution in [2.75, 3.05) is 18.8 Å². The Bertz CT molecular complexity index is 327. The monoisotopic (exact) mass is 205 g/mol. The average molecular weight is 205 g/mol. The molecule has 0 bridgehead atoms. The minimum atomic E-state index is 0.645. The second-order valence-corrected chi connectivity index (χ2v) is 5.32. The second-order valence-electron chi connectivity index (χ2n) is 4.14. The maximum Gasteiger partial charge on any atom is 0.0480 e. The quantitative estimate of drug-likeness (QED) is 0.650. The normalized spacial score (nSPS) is 35.4. The molecule has 3 rings (SSSR count). The largest absolute Gasteiger partial charge is 0.313 e. The van der Waals surface area contributed by atoms with Crippen LogP contribution in [0.1, 0.15) is 6.42 Å². The standard InChI is InChI=1S/C12H15NS/c1-2-4-12-10(3-1)11-7-13-6-5-9(11)8-14-12/h1-4,9,12-13H,5-8H2. The number of allylic oxidation sites excluding steroid dienone is 3. The van der Waals surface area contributed by atoms with Crippen molar-refractivity contribution in [2.45, 2.75) is 11.7 Å². The second kappa shape index (κ2) is 3.59. The van der Waals surface area contributed by atoms with Gasteiger partial charge in [0.25, 0.3) is 0 Å². The molecule has 74 valence electrons. The van der Waals surface area contributed by atoms with Gasteiger partial charge in [-0.25, -0.2) is 0 Å². The van der Waals surface area contributed by atoms with Gasteiger partial charge >= 0.3 is 0 Å². The van der Waals surface area contributed by atoms with E-state index in [1.165, 1.54) is 18.7 Å². The number of hydrogen-bond donors (Lipinski definition) is 1. The highest BCUT2D eigenvalue weighted by molar-refractivity contribution is 8.00. The molecule has 1 aliphatic carbocycles. The molecule has 0 aromatic carbocycles. The van der Waals surface area contributed by atoms with Gasteiger partial charge in [0.05, 0.1) is 0 Å². The predicted molar refractivity (Wildman–Crippen MR) is 62.5 cm³/mol. The van der Waals surface area contributed by atoms with Gasteiger partial charge in [0.2, 0.25) is 0 Å². The lowest BCUT2D eigenvalue weighted by molar-refractivity contribution is 0.495. The third kappa shape index (κ3) is 1.37. The molecule has 2 atom stereocenters. The van der Waals surface area contributed by atoms with E-state index in [2.05, 4.69) is 41.4 Å². The van der Waals surface area contributed by atoms with Gasteiger partial charge < -0.3 is 5.32 Å². The van der Waals surface area contributed by atoms with Crippen molar-refractivity contribution in [1.82, 2.24) is 5.32 Å². The van der Waals surface area contributed by atoms with E-state index in [-0.39, 0.29) is 0 Å². The fourth-order valence-corrected chi connectivity index (χ4v) is 3.94. The summed E-state index contributed by atoms with van der Waals surface area (Å²) < 4.78 is 0. The Hall–Kier alpha value is -0.470. The van der Waals surface area contributed by atoms with Crippen molar-refractivity contribution in [3.8, 4) is 0 Å². The smallest absolute Gasteiger partial charge is 0.0480 e. The van der Waals surface area contributed by atoms with Gasteiger partial charge in [-0.2, -0.15) is 0 Å². The van der Waals surface area contributed by atoms with E-state index in [1.807, 2.05) is 0 Å². The third-order valence-electron chi connectivity index (χ3n) is 3.30. The number of fused-ring (bicyclic) bond motifs is 2. The van der Waals surface area contributed by atoms with Crippen molar-refractivity contribution in [3.63, 3.8) is 0 Å². The summed E-state index contributed by atoms with van der Waals surface area (Å²) in [5.74, 6) is 2.17. The molecule has 1 fully saturated rings. The fraction of sp³-hybridized carbons (Fsp3) is 0.500. The molecule has 1 N–H and O–H groups in total. The van der Waals surface area contributed by atoms with E-state index in [4.69, 9.17) is 0 Å². The highest BCUT2D eigenvalue weighted by atomic mass is 32.2. The summed E-state index contributed by atoms with van der Waals surface area (Å²) in [5.41, 5.74) is 3.27. The maximum atomic E-state index is 3.49. The van der Waals surface area contributed by atoms with Crippen molar-refractivity contribution >= 4 is 11.8 Å². The zero-order chi connectivity index (χ0) is 9.38. The molecule has 0 aromatic heterocycles. The SMILES string of the molecule is C1=CC2=C3CNCCC3CSC2C=C1. The first-order valence-corrected chi connectivity index (χ1v) is 6.40. The van der Waals surface area contributed by atoms with Gasteiger partial charge in [-0.1, -0.05) is 24.3 Å². The summed E-state index contributed by atoms with van der Waals surface area (Å²) in [6, 6.07) is 0. The number of nitrogens with one attached hydrogen (secondary N) is 1. The Morgan fingerprint density at radius 3 is 3.36 bits per heavy atom. The molecular formula is C12H15NS. The molecule has 14 heavy (non-hydrogen) atoms. The third-order valence-corrected chi connectivity index (χ3v) is 4.67. The number of rotatable bonds is 0. The Balaban J connectivity index is 2.00. The molecule has 0 amide bonds. The molecule has 3 aliphatic rings. The van der Waals surface area contributed by atoms with E-state index < -0.39 is 0 Å². The van der Waals surface area contributed by atoms with Crippen LogP contribution in [-0.2, 0) is 0 Å². The molecule has 1 saturated heterocycles. The zero-order valence-electron chi connectivity index (χ0n) is 8.20. The number of piperidine rings is 1. The molecule has 0 aromatic rings. The Morgan fingerprint density at radius 2 is 2.36 bits per heavy atom. The summed E-state index contributed by atoms with van der Waals surface area (Å²) in [6.45, 7) is 2.32. The molecule has 2 heterocycles. The first-order chi connectivity index (χ1) is 6.95. The van der Waals surface area contributed by atoms with Gasteiger partial charge in [-0.3, -0.25) is 0 Å². The first kappa shape index (κ1) is 8.81. The summed E-state index contributed by atoms with van der Waals surface area (Å²) in [4.78, 5) is 0. The van der Waals surface area contributed by atoms with Gasteiger partial charge in [0, 0.05) is 17.5 Å². The fourth-order valence-electron chi connectivity index (χ4n) is 2.52. The van der Waals surface area contributed by atoms with Crippen molar-refractivity contribution < 1.29 is 0 Å². The molecule has 2 aliphatic heterocycles. The highest BCUT2D eigenvalue weighted by Crippen LogP contribution is 2.39. The Morgan fingerprint density at radius 1 is 1.36 bits per heavy atom. The number of thioether (sulfide) groups is 1. The summed E-state index contributed by atoms with van der Waals surface area (Å²) in [6.07, 6.45) is 10.3. The molecule has 2 heteroatoms.